The number of rotatable bonds is 4. The van der Waals surface area contributed by atoms with Crippen LogP contribution in [-0.4, -0.2) is 21.8 Å². The summed E-state index contributed by atoms with van der Waals surface area (Å²) in [5.74, 6) is 0.512. The van der Waals surface area contributed by atoms with E-state index in [0.29, 0.717) is 23.4 Å². The average Bonchev–Trinajstić information content (AvgIpc) is 2.77. The minimum atomic E-state index is 0.512. The molecule has 0 unspecified atom stereocenters. The predicted molar refractivity (Wildman–Crippen MR) is 65.7 cm³/mol. The molecule has 1 heterocycles. The number of anilines is 1. The highest BCUT2D eigenvalue weighted by molar-refractivity contribution is 8.00. The molecule has 0 spiro atoms. The maximum Gasteiger partial charge on any atom is 0.241 e. The Balaban J connectivity index is 2.10. The lowest BCUT2D eigenvalue weighted by Gasteiger charge is -2.11. The predicted octanol–water partition coefficient (Wildman–Crippen LogP) is 2.49. The van der Waals surface area contributed by atoms with Crippen molar-refractivity contribution in [3.63, 3.8) is 0 Å². The van der Waals surface area contributed by atoms with E-state index in [-0.39, 0.29) is 0 Å². The van der Waals surface area contributed by atoms with Crippen molar-refractivity contribution in [1.29, 1.82) is 0 Å². The van der Waals surface area contributed by atoms with E-state index in [9.17, 15) is 0 Å². The topological polar surface area (TPSA) is 61.0 Å². The molecule has 5 heteroatoms. The lowest BCUT2D eigenvalue weighted by Crippen LogP contribution is -2.04. The number of ether oxygens (including phenoxy) is 1. The molecule has 1 saturated carbocycles. The van der Waals surface area contributed by atoms with Gasteiger partial charge in [0.15, 0.2) is 0 Å². The van der Waals surface area contributed by atoms with Crippen LogP contribution in [0.3, 0.4) is 0 Å². The van der Waals surface area contributed by atoms with Crippen molar-refractivity contribution in [3.8, 4) is 5.88 Å². The Morgan fingerprint density at radius 2 is 2.19 bits per heavy atom. The molecule has 0 aromatic carbocycles. The van der Waals surface area contributed by atoms with E-state index in [2.05, 4.69) is 9.97 Å². The highest BCUT2D eigenvalue weighted by Crippen LogP contribution is 2.37. The van der Waals surface area contributed by atoms with Crippen LogP contribution in [0.2, 0.25) is 0 Å². The lowest BCUT2D eigenvalue weighted by atomic mass is 10.4. The Kier molecular flexibility index (Phi) is 3.88. The molecule has 1 aliphatic rings. The van der Waals surface area contributed by atoms with E-state index < -0.39 is 0 Å². The lowest BCUT2D eigenvalue weighted by molar-refractivity contribution is 0.327. The van der Waals surface area contributed by atoms with Crippen molar-refractivity contribution >= 4 is 17.4 Å². The van der Waals surface area contributed by atoms with Gasteiger partial charge in [-0.05, 0) is 19.8 Å². The Labute approximate surface area is 100.0 Å². The molecule has 0 atom stereocenters. The molecule has 0 saturated heterocycles. The van der Waals surface area contributed by atoms with Gasteiger partial charge in [-0.15, -0.1) is 11.8 Å². The van der Waals surface area contributed by atoms with Gasteiger partial charge >= 0.3 is 0 Å². The zero-order valence-electron chi connectivity index (χ0n) is 9.48. The third kappa shape index (κ3) is 2.58. The number of nitrogens with zero attached hydrogens (tertiary/aromatic N) is 2. The molecule has 1 aromatic heterocycles. The SMILES string of the molecule is CCOc1ncnc(SC2CCCC2)c1N. The molecular formula is C11H17N3OS. The van der Waals surface area contributed by atoms with E-state index in [0.717, 1.165) is 5.03 Å². The highest BCUT2D eigenvalue weighted by Gasteiger charge is 2.19. The van der Waals surface area contributed by atoms with Gasteiger partial charge in [-0.25, -0.2) is 4.98 Å². The molecule has 16 heavy (non-hydrogen) atoms. The van der Waals surface area contributed by atoms with Crippen LogP contribution in [-0.2, 0) is 0 Å². The first-order valence-corrected chi connectivity index (χ1v) is 6.59. The maximum atomic E-state index is 5.98. The zero-order valence-corrected chi connectivity index (χ0v) is 10.3. The van der Waals surface area contributed by atoms with Gasteiger partial charge in [0, 0.05) is 5.25 Å². The van der Waals surface area contributed by atoms with E-state index >= 15 is 0 Å². The van der Waals surface area contributed by atoms with Gasteiger partial charge in [0.25, 0.3) is 0 Å². The molecule has 2 rings (SSSR count). The molecule has 4 nitrogen and oxygen atoms in total. The molecule has 0 amide bonds. The number of thioether (sulfide) groups is 1. The Morgan fingerprint density at radius 1 is 1.44 bits per heavy atom. The summed E-state index contributed by atoms with van der Waals surface area (Å²) in [6, 6.07) is 0. The molecule has 0 bridgehead atoms. The van der Waals surface area contributed by atoms with Gasteiger partial charge in [0.05, 0.1) is 6.61 Å². The molecule has 0 radical (unpaired) electrons. The summed E-state index contributed by atoms with van der Waals surface area (Å²) in [6.07, 6.45) is 6.69. The Hall–Kier alpha value is -0.970. The monoisotopic (exact) mass is 239 g/mol. The van der Waals surface area contributed by atoms with Crippen LogP contribution in [0.4, 0.5) is 5.69 Å². The van der Waals surface area contributed by atoms with Crippen molar-refractivity contribution < 1.29 is 4.74 Å². The van der Waals surface area contributed by atoms with E-state index in [4.69, 9.17) is 10.5 Å². The normalized spacial score (nSPS) is 16.6. The largest absolute Gasteiger partial charge is 0.476 e. The summed E-state index contributed by atoms with van der Waals surface area (Å²) >= 11 is 1.76. The van der Waals surface area contributed by atoms with Crippen LogP contribution in [0.1, 0.15) is 32.6 Å². The number of aromatic nitrogens is 2. The first kappa shape index (κ1) is 11.5. The van der Waals surface area contributed by atoms with E-state index in [1.807, 2.05) is 6.92 Å². The summed E-state index contributed by atoms with van der Waals surface area (Å²) in [5.41, 5.74) is 6.56. The molecule has 1 fully saturated rings. The molecule has 0 aliphatic heterocycles. The first-order valence-electron chi connectivity index (χ1n) is 5.71. The fourth-order valence-corrected chi connectivity index (χ4v) is 3.08. The Bertz CT molecular complexity index is 353. The smallest absolute Gasteiger partial charge is 0.241 e. The minimum absolute atomic E-state index is 0.512. The van der Waals surface area contributed by atoms with Gasteiger partial charge in [-0.3, -0.25) is 0 Å². The number of hydrogen-bond donors (Lipinski definition) is 1. The zero-order chi connectivity index (χ0) is 11.4. The van der Waals surface area contributed by atoms with Gasteiger partial charge in [0.1, 0.15) is 17.0 Å². The van der Waals surface area contributed by atoms with Crippen LogP contribution >= 0.6 is 11.8 Å². The summed E-state index contributed by atoms with van der Waals surface area (Å²) in [4.78, 5) is 8.26. The quantitative estimate of drug-likeness (QED) is 0.818. The summed E-state index contributed by atoms with van der Waals surface area (Å²) < 4.78 is 5.35. The van der Waals surface area contributed by atoms with Crippen LogP contribution in [0, 0.1) is 0 Å². The van der Waals surface area contributed by atoms with Gasteiger partial charge < -0.3 is 10.5 Å². The standard InChI is InChI=1S/C11H17N3OS/c1-2-15-10-9(12)11(14-7-13-10)16-8-5-3-4-6-8/h7-8H,2-6,12H2,1H3. The average molecular weight is 239 g/mol. The van der Waals surface area contributed by atoms with Crippen molar-refractivity contribution in [2.75, 3.05) is 12.3 Å². The van der Waals surface area contributed by atoms with Crippen LogP contribution in [0.25, 0.3) is 0 Å². The summed E-state index contributed by atoms with van der Waals surface area (Å²) in [5, 5.41) is 1.53. The molecule has 1 aliphatic carbocycles. The minimum Gasteiger partial charge on any atom is -0.476 e. The summed E-state index contributed by atoms with van der Waals surface area (Å²) in [7, 11) is 0. The third-order valence-corrected chi connectivity index (χ3v) is 4.03. The Morgan fingerprint density at radius 3 is 2.88 bits per heavy atom. The second kappa shape index (κ2) is 5.39. The first-order chi connectivity index (χ1) is 7.81. The van der Waals surface area contributed by atoms with Crippen molar-refractivity contribution in [1.82, 2.24) is 9.97 Å². The fourth-order valence-electron chi connectivity index (χ4n) is 1.87. The van der Waals surface area contributed by atoms with Crippen molar-refractivity contribution in [2.45, 2.75) is 42.9 Å². The van der Waals surface area contributed by atoms with Crippen LogP contribution in [0.15, 0.2) is 11.4 Å². The van der Waals surface area contributed by atoms with E-state index in [1.54, 1.807) is 11.8 Å². The molecule has 2 N–H and O–H groups in total. The third-order valence-electron chi connectivity index (χ3n) is 2.67. The molecular weight excluding hydrogens is 222 g/mol. The van der Waals surface area contributed by atoms with Crippen molar-refractivity contribution in [2.24, 2.45) is 0 Å². The second-order valence-corrected chi connectivity index (χ2v) is 5.14. The fraction of sp³-hybridized carbons (Fsp3) is 0.636. The highest BCUT2D eigenvalue weighted by atomic mass is 32.2. The van der Waals surface area contributed by atoms with Crippen LogP contribution in [0.5, 0.6) is 5.88 Å². The number of nitrogen functional groups attached to an aromatic ring is 1. The number of hydrogen-bond acceptors (Lipinski definition) is 5. The van der Waals surface area contributed by atoms with Gasteiger partial charge in [-0.2, -0.15) is 4.98 Å². The second-order valence-electron chi connectivity index (χ2n) is 3.85. The van der Waals surface area contributed by atoms with Crippen LogP contribution < -0.4 is 10.5 Å². The summed E-state index contributed by atoms with van der Waals surface area (Å²) in [6.45, 7) is 2.50. The van der Waals surface area contributed by atoms with Crippen molar-refractivity contribution in [3.05, 3.63) is 6.33 Å². The van der Waals surface area contributed by atoms with Gasteiger partial charge in [-0.1, -0.05) is 12.8 Å². The molecule has 88 valence electrons. The van der Waals surface area contributed by atoms with E-state index in [1.165, 1.54) is 32.0 Å². The molecule has 1 aromatic rings. The number of nitrogens with two attached hydrogens (primary N) is 1. The van der Waals surface area contributed by atoms with Gasteiger partial charge in [0.2, 0.25) is 5.88 Å². The maximum absolute atomic E-state index is 5.98.